The summed E-state index contributed by atoms with van der Waals surface area (Å²) in [6.45, 7) is 3.46. The van der Waals surface area contributed by atoms with Crippen LogP contribution in [0.3, 0.4) is 0 Å². The van der Waals surface area contributed by atoms with Gasteiger partial charge in [-0.25, -0.2) is 0 Å². The zero-order chi connectivity index (χ0) is 8.84. The van der Waals surface area contributed by atoms with Gasteiger partial charge in [-0.05, 0) is 35.7 Å². The van der Waals surface area contributed by atoms with Crippen LogP contribution in [0.5, 0.6) is 0 Å². The Balaban J connectivity index is 1.87. The molecule has 0 aromatic carbocycles. The van der Waals surface area contributed by atoms with Gasteiger partial charge in [0, 0.05) is 13.1 Å². The van der Waals surface area contributed by atoms with E-state index in [9.17, 15) is 0 Å². The zero-order valence-corrected chi connectivity index (χ0v) is 7.85. The molecule has 1 aromatic heterocycles. The standard InChI is InChI=1S/C7H10ClN5/c8-7-9-11-13(10-7)6-4-12-2-1-5(6)3-12/h5-6H,1-4H2/t5-,6+/m0/s1. The van der Waals surface area contributed by atoms with E-state index in [4.69, 9.17) is 11.6 Å². The molecule has 1 unspecified atom stereocenters. The summed E-state index contributed by atoms with van der Waals surface area (Å²) in [5.41, 5.74) is 0. The first kappa shape index (κ1) is 7.70. The monoisotopic (exact) mass is 199 g/mol. The number of rotatable bonds is 1. The molecule has 13 heavy (non-hydrogen) atoms. The molecular weight excluding hydrogens is 190 g/mol. The van der Waals surface area contributed by atoms with Gasteiger partial charge in [-0.15, -0.1) is 5.10 Å². The van der Waals surface area contributed by atoms with Crippen molar-refractivity contribution in [3.8, 4) is 0 Å². The van der Waals surface area contributed by atoms with Crippen LogP contribution in [0, 0.1) is 5.92 Å². The molecule has 0 amide bonds. The summed E-state index contributed by atoms with van der Waals surface area (Å²) >= 11 is 5.62. The summed E-state index contributed by atoms with van der Waals surface area (Å²) in [5.74, 6) is 0.699. The molecule has 0 N–H and O–H groups in total. The lowest BCUT2D eigenvalue weighted by Crippen LogP contribution is -2.27. The van der Waals surface area contributed by atoms with E-state index in [0.717, 1.165) is 6.54 Å². The van der Waals surface area contributed by atoms with Crippen LogP contribution in [-0.2, 0) is 0 Å². The number of hydrogen-bond donors (Lipinski definition) is 0. The zero-order valence-electron chi connectivity index (χ0n) is 7.10. The quantitative estimate of drug-likeness (QED) is 0.649. The van der Waals surface area contributed by atoms with E-state index < -0.39 is 0 Å². The summed E-state index contributed by atoms with van der Waals surface area (Å²) in [6, 6.07) is 0.397. The third-order valence-corrected chi connectivity index (χ3v) is 3.15. The number of tetrazole rings is 1. The Kier molecular flexibility index (Phi) is 1.57. The third-order valence-electron chi connectivity index (χ3n) is 3.00. The average molecular weight is 200 g/mol. The minimum atomic E-state index is 0.248. The molecule has 6 heteroatoms. The van der Waals surface area contributed by atoms with Crippen molar-refractivity contribution in [2.45, 2.75) is 12.5 Å². The molecule has 3 atom stereocenters. The summed E-state index contributed by atoms with van der Waals surface area (Å²) in [7, 11) is 0. The number of fused-ring (bicyclic) bond motifs is 2. The number of halogens is 1. The van der Waals surface area contributed by atoms with Gasteiger partial charge in [0.15, 0.2) is 0 Å². The maximum absolute atomic E-state index is 5.62. The van der Waals surface area contributed by atoms with Crippen LogP contribution in [0.4, 0.5) is 0 Å². The number of hydrogen-bond acceptors (Lipinski definition) is 4. The molecule has 70 valence electrons. The lowest BCUT2D eigenvalue weighted by molar-refractivity contribution is 0.263. The van der Waals surface area contributed by atoms with E-state index in [-0.39, 0.29) is 5.28 Å². The highest BCUT2D eigenvalue weighted by molar-refractivity contribution is 6.28. The van der Waals surface area contributed by atoms with Gasteiger partial charge < -0.3 is 4.90 Å². The number of nitrogens with zero attached hydrogens (tertiary/aromatic N) is 5. The van der Waals surface area contributed by atoms with Crippen molar-refractivity contribution in [3.63, 3.8) is 0 Å². The molecule has 5 nitrogen and oxygen atoms in total. The molecule has 2 aliphatic rings. The highest BCUT2D eigenvalue weighted by Gasteiger charge is 2.40. The summed E-state index contributed by atoms with van der Waals surface area (Å²) in [5, 5.41) is 11.9. The van der Waals surface area contributed by atoms with Gasteiger partial charge in [-0.1, -0.05) is 5.10 Å². The molecule has 0 spiro atoms. The van der Waals surface area contributed by atoms with Gasteiger partial charge in [0.1, 0.15) is 0 Å². The maximum atomic E-state index is 5.62. The van der Waals surface area contributed by atoms with Gasteiger partial charge in [-0.2, -0.15) is 4.80 Å². The largest absolute Gasteiger partial charge is 0.301 e. The second-order valence-corrected chi connectivity index (χ2v) is 4.09. The van der Waals surface area contributed by atoms with Crippen LogP contribution >= 0.6 is 11.6 Å². The summed E-state index contributed by atoms with van der Waals surface area (Å²) in [6.07, 6.45) is 1.25. The molecule has 2 saturated heterocycles. The molecule has 2 aliphatic heterocycles. The molecule has 3 rings (SSSR count). The maximum Gasteiger partial charge on any atom is 0.264 e. The van der Waals surface area contributed by atoms with Crippen LogP contribution in [0.15, 0.2) is 0 Å². The minimum Gasteiger partial charge on any atom is -0.301 e. The normalized spacial score (nSPS) is 37.2. The average Bonchev–Trinajstić information content (AvgIpc) is 2.77. The van der Waals surface area contributed by atoms with Crippen molar-refractivity contribution in [3.05, 3.63) is 5.28 Å². The van der Waals surface area contributed by atoms with Gasteiger partial charge >= 0.3 is 0 Å². The summed E-state index contributed by atoms with van der Waals surface area (Å²) < 4.78 is 0. The lowest BCUT2D eigenvalue weighted by atomic mass is 10.0. The topological polar surface area (TPSA) is 46.8 Å². The smallest absolute Gasteiger partial charge is 0.264 e. The van der Waals surface area contributed by atoms with Gasteiger partial charge in [0.05, 0.1) is 6.04 Å². The fourth-order valence-electron chi connectivity index (χ4n) is 2.37. The summed E-state index contributed by atoms with van der Waals surface area (Å²) in [4.78, 5) is 4.11. The highest BCUT2D eigenvalue weighted by Crippen LogP contribution is 2.35. The second kappa shape index (κ2) is 2.65. The molecule has 0 aliphatic carbocycles. The van der Waals surface area contributed by atoms with E-state index in [0.29, 0.717) is 12.0 Å². The molecular formula is C7H10ClN5. The minimum absolute atomic E-state index is 0.248. The van der Waals surface area contributed by atoms with E-state index in [2.05, 4.69) is 20.3 Å². The van der Waals surface area contributed by atoms with Crippen molar-refractivity contribution in [1.82, 2.24) is 25.1 Å². The van der Waals surface area contributed by atoms with E-state index in [1.165, 1.54) is 19.5 Å². The first-order valence-corrected chi connectivity index (χ1v) is 4.88. The molecule has 2 bridgehead atoms. The van der Waals surface area contributed by atoms with E-state index in [1.807, 2.05) is 0 Å². The van der Waals surface area contributed by atoms with Crippen LogP contribution in [-0.4, -0.2) is 44.7 Å². The second-order valence-electron chi connectivity index (χ2n) is 3.75. The third kappa shape index (κ3) is 1.14. The van der Waals surface area contributed by atoms with Crippen LogP contribution in [0.25, 0.3) is 0 Å². The Bertz CT molecular complexity index is 324. The van der Waals surface area contributed by atoms with Crippen molar-refractivity contribution in [1.29, 1.82) is 0 Å². The Hall–Kier alpha value is -0.680. The van der Waals surface area contributed by atoms with Gasteiger partial charge in [0.25, 0.3) is 5.28 Å². The van der Waals surface area contributed by atoms with Crippen LogP contribution in [0.2, 0.25) is 5.28 Å². The molecule has 0 radical (unpaired) electrons. The lowest BCUT2D eigenvalue weighted by Gasteiger charge is -2.20. The predicted molar refractivity (Wildman–Crippen MR) is 46.4 cm³/mol. The first-order valence-electron chi connectivity index (χ1n) is 4.50. The fraction of sp³-hybridized carbons (Fsp3) is 0.857. The van der Waals surface area contributed by atoms with Crippen molar-refractivity contribution in [2.24, 2.45) is 5.92 Å². The Morgan fingerprint density at radius 1 is 1.38 bits per heavy atom. The molecule has 2 fully saturated rings. The number of piperidine rings is 1. The van der Waals surface area contributed by atoms with Gasteiger partial charge in [0.2, 0.25) is 0 Å². The van der Waals surface area contributed by atoms with E-state index >= 15 is 0 Å². The Morgan fingerprint density at radius 2 is 2.31 bits per heavy atom. The van der Waals surface area contributed by atoms with Crippen LogP contribution < -0.4 is 0 Å². The molecule has 3 heterocycles. The highest BCUT2D eigenvalue weighted by atomic mass is 35.5. The van der Waals surface area contributed by atoms with Crippen molar-refractivity contribution < 1.29 is 0 Å². The van der Waals surface area contributed by atoms with Gasteiger partial charge in [-0.3, -0.25) is 0 Å². The Morgan fingerprint density at radius 3 is 2.85 bits per heavy atom. The fourth-order valence-corrected chi connectivity index (χ4v) is 2.48. The van der Waals surface area contributed by atoms with E-state index in [1.54, 1.807) is 4.80 Å². The van der Waals surface area contributed by atoms with Crippen molar-refractivity contribution >= 4 is 11.6 Å². The first-order chi connectivity index (χ1) is 6.33. The molecule has 0 saturated carbocycles. The SMILES string of the molecule is Clc1nnn([C@@H]2CN3CC[C@H]2C3)n1. The number of aromatic nitrogens is 4. The van der Waals surface area contributed by atoms with Crippen molar-refractivity contribution in [2.75, 3.05) is 19.6 Å². The molecule has 1 aromatic rings. The Labute approximate surface area is 80.7 Å². The predicted octanol–water partition coefficient (Wildman–Crippen LogP) is 0.203. The van der Waals surface area contributed by atoms with Crippen LogP contribution in [0.1, 0.15) is 12.5 Å².